The van der Waals surface area contributed by atoms with Gasteiger partial charge in [0.05, 0.1) is 5.02 Å². The van der Waals surface area contributed by atoms with Crippen LogP contribution in [0.4, 0.5) is 10.1 Å². The van der Waals surface area contributed by atoms with E-state index in [1.165, 1.54) is 36.4 Å². The Balaban J connectivity index is 1.88. The Morgan fingerprint density at radius 2 is 1.83 bits per heavy atom. The maximum absolute atomic E-state index is 13.6. The predicted molar refractivity (Wildman–Crippen MR) is 110 cm³/mol. The topological polar surface area (TPSA) is 72.5 Å². The van der Waals surface area contributed by atoms with Crippen LogP contribution in [0.25, 0.3) is 6.08 Å². The van der Waals surface area contributed by atoms with Gasteiger partial charge in [0.2, 0.25) is 5.91 Å². The highest BCUT2D eigenvalue weighted by atomic mass is 35.5. The summed E-state index contributed by atoms with van der Waals surface area (Å²) < 4.78 is 18.5. The average Bonchev–Trinajstić information content (AvgIpc) is 2.65. The first-order valence-electron chi connectivity index (χ1n) is 8.98. The molecule has 0 bridgehead atoms. The fourth-order valence-electron chi connectivity index (χ4n) is 2.41. The van der Waals surface area contributed by atoms with Gasteiger partial charge in [-0.1, -0.05) is 31.5 Å². The number of hydrogen-bond acceptors (Lipinski definition) is 4. The summed E-state index contributed by atoms with van der Waals surface area (Å²) in [5.74, 6) is -1.63. The summed E-state index contributed by atoms with van der Waals surface area (Å²) in [4.78, 5) is 35.7. The molecule has 0 aliphatic carbocycles. The van der Waals surface area contributed by atoms with E-state index < -0.39 is 24.2 Å². The minimum atomic E-state index is -0.796. The van der Waals surface area contributed by atoms with Crippen molar-refractivity contribution >= 4 is 41.0 Å². The van der Waals surface area contributed by atoms with Gasteiger partial charge in [0.25, 0.3) is 0 Å². The van der Waals surface area contributed by atoms with Crippen LogP contribution in [0.15, 0.2) is 48.5 Å². The van der Waals surface area contributed by atoms with Crippen LogP contribution >= 0.6 is 11.6 Å². The van der Waals surface area contributed by atoms with Crippen molar-refractivity contribution in [3.05, 3.63) is 70.5 Å². The molecule has 0 fully saturated rings. The molecule has 0 saturated carbocycles. The highest BCUT2D eigenvalue weighted by Gasteiger charge is 2.10. The second-order valence-corrected chi connectivity index (χ2v) is 7.13. The standard InChI is InChI=1S/C22H21ClFNO4/c1-14(2)12-21(27)25-16-8-6-15(7-9-16)20(26)13-29-22(28)11-10-17-18(23)4-3-5-19(17)24/h3-11,14H,12-13H2,1-2H3,(H,25,27)/b11-10+. The number of ketones is 1. The SMILES string of the molecule is CC(C)CC(=O)Nc1ccc(C(=O)COC(=O)/C=C/c2c(F)cccc2Cl)cc1. The van der Waals surface area contributed by atoms with Crippen LogP contribution < -0.4 is 5.32 Å². The Bertz CT molecular complexity index is 903. The Morgan fingerprint density at radius 3 is 2.45 bits per heavy atom. The van der Waals surface area contributed by atoms with Crippen molar-refractivity contribution in [2.24, 2.45) is 5.92 Å². The summed E-state index contributed by atoms with van der Waals surface area (Å²) in [6, 6.07) is 10.4. The van der Waals surface area contributed by atoms with Crippen molar-refractivity contribution in [3.8, 4) is 0 Å². The number of Topliss-reactive ketones (excluding diaryl/α,β-unsaturated/α-hetero) is 1. The van der Waals surface area contributed by atoms with Crippen LogP contribution in [0.5, 0.6) is 0 Å². The van der Waals surface area contributed by atoms with Crippen molar-refractivity contribution in [1.29, 1.82) is 0 Å². The molecule has 2 rings (SSSR count). The van der Waals surface area contributed by atoms with Gasteiger partial charge in [-0.25, -0.2) is 9.18 Å². The highest BCUT2D eigenvalue weighted by molar-refractivity contribution is 6.32. The summed E-state index contributed by atoms with van der Waals surface area (Å²) >= 11 is 5.87. The number of ether oxygens (including phenoxy) is 1. The third kappa shape index (κ3) is 7.16. The van der Waals surface area contributed by atoms with Gasteiger partial charge in [0.1, 0.15) is 5.82 Å². The van der Waals surface area contributed by atoms with Gasteiger partial charge in [-0.3, -0.25) is 9.59 Å². The van der Waals surface area contributed by atoms with Gasteiger partial charge in [-0.2, -0.15) is 0 Å². The van der Waals surface area contributed by atoms with Crippen molar-refractivity contribution in [2.45, 2.75) is 20.3 Å². The number of halogens is 2. The molecule has 0 spiro atoms. The van der Waals surface area contributed by atoms with Gasteiger partial charge >= 0.3 is 5.97 Å². The number of nitrogens with one attached hydrogen (secondary N) is 1. The Morgan fingerprint density at radius 1 is 1.14 bits per heavy atom. The van der Waals surface area contributed by atoms with Gasteiger partial charge < -0.3 is 10.1 Å². The molecule has 5 nitrogen and oxygen atoms in total. The van der Waals surface area contributed by atoms with Crippen LogP contribution in [0.1, 0.15) is 36.2 Å². The number of benzene rings is 2. The van der Waals surface area contributed by atoms with Crippen LogP contribution in [0, 0.1) is 11.7 Å². The molecule has 0 radical (unpaired) electrons. The van der Waals surface area contributed by atoms with Gasteiger partial charge in [-0.05, 0) is 48.4 Å². The summed E-state index contributed by atoms with van der Waals surface area (Å²) in [5, 5.41) is 2.90. The zero-order valence-corrected chi connectivity index (χ0v) is 16.8. The highest BCUT2D eigenvalue weighted by Crippen LogP contribution is 2.20. The second-order valence-electron chi connectivity index (χ2n) is 6.72. The number of rotatable bonds is 8. The van der Waals surface area contributed by atoms with E-state index in [0.29, 0.717) is 17.7 Å². The Hall–Kier alpha value is -2.99. The van der Waals surface area contributed by atoms with E-state index in [-0.39, 0.29) is 22.4 Å². The number of carbonyl (C=O) groups excluding carboxylic acids is 3. The molecule has 152 valence electrons. The second kappa shape index (κ2) is 10.5. The lowest BCUT2D eigenvalue weighted by molar-refractivity contribution is -0.136. The largest absolute Gasteiger partial charge is 0.454 e. The van der Waals surface area contributed by atoms with E-state index >= 15 is 0 Å². The lowest BCUT2D eigenvalue weighted by Gasteiger charge is -2.08. The first-order valence-corrected chi connectivity index (χ1v) is 9.36. The molecule has 0 aromatic heterocycles. The van der Waals surface area contributed by atoms with Crippen molar-refractivity contribution in [3.63, 3.8) is 0 Å². The lowest BCUT2D eigenvalue weighted by Crippen LogP contribution is -2.14. The molecule has 0 aliphatic heterocycles. The molecule has 0 saturated heterocycles. The van der Waals surface area contributed by atoms with Gasteiger partial charge in [0, 0.05) is 29.3 Å². The van der Waals surface area contributed by atoms with E-state index in [2.05, 4.69) is 5.32 Å². The van der Waals surface area contributed by atoms with Crippen LogP contribution in [0.2, 0.25) is 5.02 Å². The number of esters is 1. The van der Waals surface area contributed by atoms with E-state index in [0.717, 1.165) is 6.08 Å². The fraction of sp³-hybridized carbons (Fsp3) is 0.227. The molecule has 0 atom stereocenters. The third-order valence-corrected chi connectivity index (χ3v) is 4.15. The zero-order chi connectivity index (χ0) is 21.4. The molecule has 2 aromatic carbocycles. The maximum Gasteiger partial charge on any atom is 0.331 e. The summed E-state index contributed by atoms with van der Waals surface area (Å²) in [5.41, 5.74) is 0.974. The summed E-state index contributed by atoms with van der Waals surface area (Å²) in [7, 11) is 0. The molecule has 7 heteroatoms. The van der Waals surface area contributed by atoms with Gasteiger partial charge in [-0.15, -0.1) is 0 Å². The predicted octanol–water partition coefficient (Wildman–Crippen LogP) is 4.90. The Labute approximate surface area is 173 Å². The van der Waals surface area contributed by atoms with E-state index in [4.69, 9.17) is 16.3 Å². The molecule has 0 unspecified atom stereocenters. The number of amides is 1. The molecule has 29 heavy (non-hydrogen) atoms. The molecule has 0 aliphatic rings. The van der Waals surface area contributed by atoms with Gasteiger partial charge in [0.15, 0.2) is 12.4 Å². The van der Waals surface area contributed by atoms with E-state index in [1.807, 2.05) is 13.8 Å². The minimum Gasteiger partial charge on any atom is -0.454 e. The normalized spacial score (nSPS) is 10.9. The fourth-order valence-corrected chi connectivity index (χ4v) is 2.64. The molecule has 1 N–H and O–H groups in total. The smallest absolute Gasteiger partial charge is 0.331 e. The lowest BCUT2D eigenvalue weighted by atomic mass is 10.1. The summed E-state index contributed by atoms with van der Waals surface area (Å²) in [6.07, 6.45) is 2.60. The molecule has 0 heterocycles. The number of hydrogen-bond donors (Lipinski definition) is 1. The first kappa shape index (κ1) is 22.3. The quantitative estimate of drug-likeness (QED) is 0.376. The number of carbonyl (C=O) groups is 3. The van der Waals surface area contributed by atoms with E-state index in [9.17, 15) is 18.8 Å². The first-order chi connectivity index (χ1) is 13.8. The van der Waals surface area contributed by atoms with Crippen LogP contribution in [-0.2, 0) is 14.3 Å². The minimum absolute atomic E-state index is 0.0625. The Kier molecular flexibility index (Phi) is 8.09. The third-order valence-electron chi connectivity index (χ3n) is 3.82. The van der Waals surface area contributed by atoms with Crippen LogP contribution in [-0.4, -0.2) is 24.3 Å². The zero-order valence-electron chi connectivity index (χ0n) is 16.1. The van der Waals surface area contributed by atoms with Crippen molar-refractivity contribution in [2.75, 3.05) is 11.9 Å². The average molecular weight is 418 g/mol. The molecule has 1 amide bonds. The monoisotopic (exact) mass is 417 g/mol. The molecular formula is C22H21ClFNO4. The van der Waals surface area contributed by atoms with Crippen molar-refractivity contribution < 1.29 is 23.5 Å². The maximum atomic E-state index is 13.6. The van der Waals surface area contributed by atoms with Crippen LogP contribution in [0.3, 0.4) is 0 Å². The molecule has 2 aromatic rings. The number of anilines is 1. The summed E-state index contributed by atoms with van der Waals surface area (Å²) in [6.45, 7) is 3.43. The van der Waals surface area contributed by atoms with E-state index in [1.54, 1.807) is 12.1 Å². The van der Waals surface area contributed by atoms with Crippen molar-refractivity contribution in [1.82, 2.24) is 0 Å². The molecular weight excluding hydrogens is 397 g/mol.